The Kier molecular flexibility index (Phi) is 6.61. The molecule has 0 aliphatic heterocycles. The molecule has 1 N–H and O–H groups in total. The summed E-state index contributed by atoms with van der Waals surface area (Å²) in [5, 5.41) is 4.07. The molecule has 4 aromatic rings. The summed E-state index contributed by atoms with van der Waals surface area (Å²) in [5.74, 6) is 5.07. The molecule has 0 aliphatic rings. The molecule has 0 bridgehead atoms. The number of hydrogen-bond donors (Lipinski definition) is 1. The first-order valence-corrected chi connectivity index (χ1v) is 10.5. The molecule has 0 radical (unpaired) electrons. The van der Waals surface area contributed by atoms with E-state index in [9.17, 15) is 22.4 Å². The van der Waals surface area contributed by atoms with Crippen LogP contribution in [0.3, 0.4) is 0 Å². The second kappa shape index (κ2) is 9.49. The highest BCUT2D eigenvalue weighted by atomic mass is 35.5. The largest absolute Gasteiger partial charge is 0.495 e. The summed E-state index contributed by atoms with van der Waals surface area (Å²) in [5.41, 5.74) is -0.700. The zero-order valence-corrected chi connectivity index (χ0v) is 19.2. The van der Waals surface area contributed by atoms with Crippen LogP contribution < -0.4 is 10.4 Å². The van der Waals surface area contributed by atoms with E-state index in [0.717, 1.165) is 16.8 Å². The van der Waals surface area contributed by atoms with E-state index in [0.29, 0.717) is 11.3 Å². The molecule has 3 aromatic carbocycles. The normalized spacial score (nSPS) is 11.2. The lowest BCUT2D eigenvalue weighted by molar-refractivity contribution is -0.137. The highest BCUT2D eigenvalue weighted by molar-refractivity contribution is 6.33. The lowest BCUT2D eigenvalue weighted by Crippen LogP contribution is -2.16. The van der Waals surface area contributed by atoms with Crippen LogP contribution in [0.1, 0.15) is 16.7 Å². The van der Waals surface area contributed by atoms with Crippen LogP contribution in [-0.4, -0.2) is 21.9 Å². The molecule has 5 nitrogen and oxygen atoms in total. The summed E-state index contributed by atoms with van der Waals surface area (Å²) in [6, 6.07) is 11.5. The van der Waals surface area contributed by atoms with Gasteiger partial charge in [-0.3, -0.25) is 4.98 Å². The molecule has 0 fully saturated rings. The highest BCUT2D eigenvalue weighted by Gasteiger charge is 2.30. The van der Waals surface area contributed by atoms with Crippen LogP contribution in [0, 0.1) is 17.7 Å². The topological polar surface area (TPSA) is 59.9 Å². The molecule has 11 heteroatoms. The maximum absolute atomic E-state index is 14.2. The minimum absolute atomic E-state index is 0.0483. The maximum atomic E-state index is 14.2. The quantitative estimate of drug-likeness (QED) is 0.261. The van der Waals surface area contributed by atoms with Crippen molar-refractivity contribution in [3.8, 4) is 34.7 Å². The van der Waals surface area contributed by atoms with Crippen LogP contribution in [0.5, 0.6) is 5.75 Å². The Bertz CT molecular complexity index is 1530. The van der Waals surface area contributed by atoms with Crippen molar-refractivity contribution >= 4 is 23.2 Å². The first-order chi connectivity index (χ1) is 16.6. The summed E-state index contributed by atoms with van der Waals surface area (Å²) < 4.78 is 59.0. The van der Waals surface area contributed by atoms with Crippen LogP contribution in [-0.2, 0) is 6.18 Å². The third-order valence-corrected chi connectivity index (χ3v) is 5.50. The second-order valence-corrected chi connectivity index (χ2v) is 7.93. The second-order valence-electron chi connectivity index (χ2n) is 7.11. The van der Waals surface area contributed by atoms with Gasteiger partial charge in [0.2, 0.25) is 0 Å². The van der Waals surface area contributed by atoms with Crippen molar-refractivity contribution in [2.45, 2.75) is 6.18 Å². The van der Waals surface area contributed by atoms with Crippen molar-refractivity contribution < 1.29 is 22.3 Å². The zero-order chi connectivity index (χ0) is 25.3. The number of rotatable bonds is 3. The number of aromatic amines is 1. The smallest absolute Gasteiger partial charge is 0.416 e. The molecule has 178 valence electrons. The number of nitrogens with one attached hydrogen (secondary N) is 1. The number of aromatic nitrogens is 3. The van der Waals surface area contributed by atoms with Gasteiger partial charge in [0.15, 0.2) is 5.82 Å². The predicted octanol–water partition coefficient (Wildman–Crippen LogP) is 6.10. The molecule has 0 aliphatic carbocycles. The van der Waals surface area contributed by atoms with E-state index < -0.39 is 23.2 Å². The van der Waals surface area contributed by atoms with Crippen LogP contribution in [0.4, 0.5) is 17.6 Å². The molecule has 0 spiro atoms. The monoisotopic (exact) mass is 521 g/mol. The molecule has 0 saturated heterocycles. The number of methoxy groups -OCH3 is 1. The van der Waals surface area contributed by atoms with Gasteiger partial charge in [0.1, 0.15) is 11.6 Å². The van der Waals surface area contributed by atoms with Gasteiger partial charge in [-0.25, -0.2) is 9.18 Å². The molecule has 0 atom stereocenters. The summed E-state index contributed by atoms with van der Waals surface area (Å²) in [6.07, 6.45) is -4.52. The fourth-order valence-corrected chi connectivity index (χ4v) is 3.66. The summed E-state index contributed by atoms with van der Waals surface area (Å²) in [7, 11) is 1.38. The molecular weight excluding hydrogens is 509 g/mol. The summed E-state index contributed by atoms with van der Waals surface area (Å²) >= 11 is 12.0. The van der Waals surface area contributed by atoms with E-state index in [-0.39, 0.29) is 32.7 Å². The Morgan fingerprint density at radius 2 is 1.71 bits per heavy atom. The maximum Gasteiger partial charge on any atom is 0.416 e. The Hall–Kier alpha value is -3.74. The average Bonchev–Trinajstić information content (AvgIpc) is 3.18. The van der Waals surface area contributed by atoms with Crippen molar-refractivity contribution in [2.75, 3.05) is 7.11 Å². The van der Waals surface area contributed by atoms with Crippen molar-refractivity contribution in [1.82, 2.24) is 14.8 Å². The van der Waals surface area contributed by atoms with E-state index in [1.54, 1.807) is 0 Å². The van der Waals surface area contributed by atoms with Crippen molar-refractivity contribution in [2.24, 2.45) is 0 Å². The van der Waals surface area contributed by atoms with Crippen LogP contribution in [0.2, 0.25) is 10.0 Å². The first kappa shape index (κ1) is 24.4. The molecule has 0 amide bonds. The third-order valence-electron chi connectivity index (χ3n) is 4.88. The first-order valence-electron chi connectivity index (χ1n) is 9.79. The van der Waals surface area contributed by atoms with Gasteiger partial charge in [0.05, 0.1) is 39.5 Å². The van der Waals surface area contributed by atoms with Gasteiger partial charge in [-0.1, -0.05) is 41.1 Å². The van der Waals surface area contributed by atoms with E-state index in [2.05, 4.69) is 21.9 Å². The van der Waals surface area contributed by atoms with Crippen LogP contribution in [0.25, 0.3) is 17.1 Å². The van der Waals surface area contributed by atoms with E-state index >= 15 is 0 Å². The van der Waals surface area contributed by atoms with Gasteiger partial charge in [0.25, 0.3) is 0 Å². The number of hydrogen-bond acceptors (Lipinski definition) is 3. The summed E-state index contributed by atoms with van der Waals surface area (Å²) in [6.45, 7) is 0. The Morgan fingerprint density at radius 1 is 1.00 bits per heavy atom. The highest BCUT2D eigenvalue weighted by Crippen LogP contribution is 2.32. The third kappa shape index (κ3) is 5.04. The van der Waals surface area contributed by atoms with E-state index in [4.69, 9.17) is 27.9 Å². The summed E-state index contributed by atoms with van der Waals surface area (Å²) in [4.78, 5) is 15.0. The minimum Gasteiger partial charge on any atom is -0.495 e. The molecule has 0 unspecified atom stereocenters. The average molecular weight is 522 g/mol. The molecule has 0 saturated carbocycles. The van der Waals surface area contributed by atoms with Gasteiger partial charge in [0, 0.05) is 11.6 Å². The minimum atomic E-state index is -4.52. The number of ether oxygens (including phenoxy) is 1. The SMILES string of the molecule is COc1cc(-n2nc(-c3c(F)cccc3Cl)[nH]c2=O)ccc1C#Cc1ccc(C(F)(F)F)cc1Cl. The molecular formula is C24H13Cl2F4N3O2. The molecule has 1 aromatic heterocycles. The van der Waals surface area contributed by atoms with Gasteiger partial charge < -0.3 is 4.74 Å². The van der Waals surface area contributed by atoms with Gasteiger partial charge in [-0.05, 0) is 42.5 Å². The predicted molar refractivity (Wildman–Crippen MR) is 124 cm³/mol. The molecule has 35 heavy (non-hydrogen) atoms. The number of nitrogens with zero attached hydrogens (tertiary/aromatic N) is 2. The lowest BCUT2D eigenvalue weighted by atomic mass is 10.1. The Balaban J connectivity index is 1.69. The standard InChI is InChI=1S/C24H13Cl2F4N3O2/c1-35-20-12-16(33-23(34)31-22(32-33)21-17(25)3-2-4-19(21)27)10-8-14(20)6-5-13-7-9-15(11-18(13)26)24(28,29)30/h2-4,7-12H,1H3,(H,31,32,34). The zero-order valence-electron chi connectivity index (χ0n) is 17.7. The van der Waals surface area contributed by atoms with Crippen molar-refractivity contribution in [3.63, 3.8) is 0 Å². The van der Waals surface area contributed by atoms with Gasteiger partial charge in [-0.2, -0.15) is 17.9 Å². The molecule has 1 heterocycles. The fraction of sp³-hybridized carbons (Fsp3) is 0.0833. The van der Waals surface area contributed by atoms with Gasteiger partial charge in [-0.15, -0.1) is 5.10 Å². The number of halogens is 6. The van der Waals surface area contributed by atoms with Gasteiger partial charge >= 0.3 is 11.9 Å². The molecule has 4 rings (SSSR count). The van der Waals surface area contributed by atoms with Crippen molar-refractivity contribution in [1.29, 1.82) is 0 Å². The number of benzene rings is 3. The number of H-pyrrole nitrogens is 1. The van der Waals surface area contributed by atoms with Crippen molar-refractivity contribution in [3.05, 3.63) is 97.6 Å². The Labute approximate surface area is 205 Å². The lowest BCUT2D eigenvalue weighted by Gasteiger charge is -2.08. The van der Waals surface area contributed by atoms with Crippen LogP contribution in [0.15, 0.2) is 59.4 Å². The van der Waals surface area contributed by atoms with E-state index in [1.807, 2.05) is 0 Å². The van der Waals surface area contributed by atoms with E-state index in [1.165, 1.54) is 49.6 Å². The van der Waals surface area contributed by atoms with Crippen LogP contribution >= 0.6 is 23.2 Å². The fourth-order valence-electron chi connectivity index (χ4n) is 3.18. The number of alkyl halides is 3. The Morgan fingerprint density at radius 3 is 2.37 bits per heavy atom.